The van der Waals surface area contributed by atoms with E-state index in [0.29, 0.717) is 0 Å². The molecule has 0 spiro atoms. The molecule has 2 rings (SSSR count). The van der Waals surface area contributed by atoms with E-state index in [0.717, 1.165) is 19.8 Å². The highest BCUT2D eigenvalue weighted by molar-refractivity contribution is 14.1. The Morgan fingerprint density at radius 2 is 1.70 bits per heavy atom. The van der Waals surface area contributed by atoms with Gasteiger partial charge in [-0.1, -0.05) is 24.3 Å². The van der Waals surface area contributed by atoms with Crippen molar-refractivity contribution in [2.75, 3.05) is 22.9 Å². The quantitative estimate of drug-likeness (QED) is 0.456. The second-order valence-corrected chi connectivity index (χ2v) is 6.81. The average Bonchev–Trinajstić information content (AvgIpc) is 2.54. The van der Waals surface area contributed by atoms with Gasteiger partial charge >= 0.3 is 0 Å². The van der Waals surface area contributed by atoms with Crippen molar-refractivity contribution < 1.29 is 9.59 Å². The van der Waals surface area contributed by atoms with Crippen molar-refractivity contribution in [1.82, 2.24) is 0 Å². The molecule has 0 saturated carbocycles. The minimum absolute atomic E-state index is 0.135. The molecule has 23 heavy (non-hydrogen) atoms. The topological polar surface area (TPSA) is 84.2 Å². The number of carbonyl (C=O) groups is 2. The van der Waals surface area contributed by atoms with Gasteiger partial charge in [0.15, 0.2) is 0 Å². The highest BCUT2D eigenvalue weighted by atomic mass is 127. The Morgan fingerprint density at radius 1 is 1.04 bits per heavy atom. The number of amides is 2. The number of hydrogen-bond acceptors (Lipinski definition) is 4. The van der Waals surface area contributed by atoms with Crippen molar-refractivity contribution in [3.05, 3.63) is 52.1 Å². The van der Waals surface area contributed by atoms with Gasteiger partial charge in [-0.3, -0.25) is 9.59 Å². The van der Waals surface area contributed by atoms with Crippen LogP contribution in [0, 0.1) is 3.57 Å². The van der Waals surface area contributed by atoms with Crippen LogP contribution in [-0.2, 0) is 9.59 Å². The molecule has 7 heteroatoms. The molecule has 0 heterocycles. The maximum atomic E-state index is 12.1. The van der Waals surface area contributed by atoms with Gasteiger partial charge in [0, 0.05) is 14.2 Å². The fourth-order valence-corrected chi connectivity index (χ4v) is 3.11. The van der Waals surface area contributed by atoms with Gasteiger partial charge in [0.25, 0.3) is 0 Å². The molecule has 0 bridgehead atoms. The number of carbonyl (C=O) groups excluding carboxylic acids is 2. The van der Waals surface area contributed by atoms with Crippen molar-refractivity contribution in [3.8, 4) is 0 Å². The van der Waals surface area contributed by atoms with Crippen LogP contribution in [0.1, 0.15) is 0 Å². The van der Waals surface area contributed by atoms with Crippen molar-refractivity contribution in [1.29, 1.82) is 0 Å². The van der Waals surface area contributed by atoms with Crippen LogP contribution in [0.3, 0.4) is 0 Å². The average molecular weight is 441 g/mol. The van der Waals surface area contributed by atoms with E-state index in [9.17, 15) is 9.59 Å². The van der Waals surface area contributed by atoms with Crippen LogP contribution in [0.25, 0.3) is 0 Å². The standard InChI is InChI=1S/C16H16IN3O2S/c17-11-5-1-2-6-12(11)20-16(22)9-19-13-7-3-4-8-14(13)23-10-15(18)21/h1-8,19H,9-10H2,(H2,18,21)(H,20,22). The largest absolute Gasteiger partial charge is 0.375 e. The third kappa shape index (κ3) is 5.76. The molecule has 0 fully saturated rings. The van der Waals surface area contributed by atoms with Gasteiger partial charge in [-0.15, -0.1) is 11.8 Å². The third-order valence-electron chi connectivity index (χ3n) is 2.84. The maximum absolute atomic E-state index is 12.1. The highest BCUT2D eigenvalue weighted by Gasteiger charge is 2.08. The molecule has 2 amide bonds. The van der Waals surface area contributed by atoms with Crippen LogP contribution in [-0.4, -0.2) is 24.1 Å². The summed E-state index contributed by atoms with van der Waals surface area (Å²) in [6, 6.07) is 15.1. The van der Waals surface area contributed by atoms with Crippen molar-refractivity contribution in [3.63, 3.8) is 0 Å². The maximum Gasteiger partial charge on any atom is 0.243 e. The van der Waals surface area contributed by atoms with Crippen LogP contribution in [0.5, 0.6) is 0 Å². The molecule has 0 aliphatic heterocycles. The molecule has 0 aliphatic rings. The molecule has 4 N–H and O–H groups in total. The zero-order valence-electron chi connectivity index (χ0n) is 12.2. The molecule has 120 valence electrons. The van der Waals surface area contributed by atoms with Gasteiger partial charge in [0.2, 0.25) is 11.8 Å². The predicted molar refractivity (Wildman–Crippen MR) is 103 cm³/mol. The van der Waals surface area contributed by atoms with E-state index in [4.69, 9.17) is 5.73 Å². The Hall–Kier alpha value is -1.74. The number of primary amides is 1. The van der Waals surface area contributed by atoms with Gasteiger partial charge in [0.05, 0.1) is 18.0 Å². The summed E-state index contributed by atoms with van der Waals surface area (Å²) in [7, 11) is 0. The summed E-state index contributed by atoms with van der Waals surface area (Å²) in [5, 5.41) is 5.95. The summed E-state index contributed by atoms with van der Waals surface area (Å²) in [5.74, 6) is -0.308. The summed E-state index contributed by atoms with van der Waals surface area (Å²) in [4.78, 5) is 23.8. The first-order valence-electron chi connectivity index (χ1n) is 6.84. The molecular formula is C16H16IN3O2S. The number of hydrogen-bond donors (Lipinski definition) is 3. The highest BCUT2D eigenvalue weighted by Crippen LogP contribution is 2.26. The molecule has 2 aromatic rings. The Bertz CT molecular complexity index is 709. The van der Waals surface area contributed by atoms with Crippen LogP contribution >= 0.6 is 34.4 Å². The van der Waals surface area contributed by atoms with Crippen LogP contribution in [0.4, 0.5) is 11.4 Å². The summed E-state index contributed by atoms with van der Waals surface area (Å²) < 4.78 is 0.982. The second kappa shape index (κ2) is 8.78. The number of anilines is 2. The molecule has 0 aromatic heterocycles. The Balaban J connectivity index is 1.94. The molecule has 0 saturated heterocycles. The Labute approximate surface area is 152 Å². The summed E-state index contributed by atoms with van der Waals surface area (Å²) >= 11 is 3.52. The summed E-state index contributed by atoms with van der Waals surface area (Å²) in [6.45, 7) is 0.138. The number of rotatable bonds is 7. The minimum Gasteiger partial charge on any atom is -0.375 e. The van der Waals surface area contributed by atoms with E-state index in [1.165, 1.54) is 11.8 Å². The monoisotopic (exact) mass is 441 g/mol. The predicted octanol–water partition coefficient (Wildman–Crippen LogP) is 2.92. The zero-order valence-corrected chi connectivity index (χ0v) is 15.2. The number of para-hydroxylation sites is 2. The molecule has 0 radical (unpaired) electrons. The fraction of sp³-hybridized carbons (Fsp3) is 0.125. The molecule has 0 unspecified atom stereocenters. The Morgan fingerprint density at radius 3 is 2.39 bits per heavy atom. The number of nitrogens with one attached hydrogen (secondary N) is 2. The number of nitrogens with two attached hydrogens (primary N) is 1. The molecule has 0 aliphatic carbocycles. The minimum atomic E-state index is -0.374. The van der Waals surface area contributed by atoms with Gasteiger partial charge in [0.1, 0.15) is 0 Å². The van der Waals surface area contributed by atoms with E-state index in [1.54, 1.807) is 0 Å². The molecule has 5 nitrogen and oxygen atoms in total. The van der Waals surface area contributed by atoms with Crippen molar-refractivity contribution in [2.24, 2.45) is 5.73 Å². The smallest absolute Gasteiger partial charge is 0.243 e. The van der Waals surface area contributed by atoms with Gasteiger partial charge in [-0.25, -0.2) is 0 Å². The van der Waals surface area contributed by atoms with E-state index >= 15 is 0 Å². The van der Waals surface area contributed by atoms with Crippen molar-refractivity contribution >= 4 is 57.5 Å². The van der Waals surface area contributed by atoms with E-state index < -0.39 is 0 Å². The molecule has 2 aromatic carbocycles. The number of thioether (sulfide) groups is 1. The van der Waals surface area contributed by atoms with E-state index in [1.807, 2.05) is 48.5 Å². The van der Waals surface area contributed by atoms with Gasteiger partial charge in [-0.05, 0) is 46.9 Å². The lowest BCUT2D eigenvalue weighted by atomic mass is 10.3. The second-order valence-electron chi connectivity index (χ2n) is 4.63. The molecule has 0 atom stereocenters. The first-order chi connectivity index (χ1) is 11.1. The van der Waals surface area contributed by atoms with E-state index in [2.05, 4.69) is 33.2 Å². The van der Waals surface area contributed by atoms with Crippen LogP contribution < -0.4 is 16.4 Å². The van der Waals surface area contributed by atoms with Gasteiger partial charge < -0.3 is 16.4 Å². The third-order valence-corrected chi connectivity index (χ3v) is 4.88. The normalized spacial score (nSPS) is 10.1. The molecular weight excluding hydrogens is 425 g/mol. The lowest BCUT2D eigenvalue weighted by Gasteiger charge is -2.12. The lowest BCUT2D eigenvalue weighted by Crippen LogP contribution is -2.22. The lowest BCUT2D eigenvalue weighted by molar-refractivity contribution is -0.116. The summed E-state index contributed by atoms with van der Waals surface area (Å²) in [5.41, 5.74) is 6.76. The number of benzene rings is 2. The van der Waals surface area contributed by atoms with Gasteiger partial charge in [-0.2, -0.15) is 0 Å². The Kier molecular flexibility index (Phi) is 6.72. The first kappa shape index (κ1) is 17.6. The first-order valence-corrected chi connectivity index (χ1v) is 8.91. The van der Waals surface area contributed by atoms with Crippen LogP contribution in [0.15, 0.2) is 53.4 Å². The fourth-order valence-electron chi connectivity index (χ4n) is 1.82. The number of halogens is 1. The summed E-state index contributed by atoms with van der Waals surface area (Å²) in [6.07, 6.45) is 0. The van der Waals surface area contributed by atoms with E-state index in [-0.39, 0.29) is 24.1 Å². The van der Waals surface area contributed by atoms with Crippen molar-refractivity contribution in [2.45, 2.75) is 4.90 Å². The van der Waals surface area contributed by atoms with Crippen LogP contribution in [0.2, 0.25) is 0 Å². The zero-order chi connectivity index (χ0) is 16.7. The SMILES string of the molecule is NC(=O)CSc1ccccc1NCC(=O)Nc1ccccc1I.